The Bertz CT molecular complexity index is 494. The summed E-state index contributed by atoms with van der Waals surface area (Å²) in [6, 6.07) is 8.03. The molecule has 2 atom stereocenters. The highest BCUT2D eigenvalue weighted by molar-refractivity contribution is 7.98. The van der Waals surface area contributed by atoms with Crippen molar-refractivity contribution in [2.75, 3.05) is 30.0 Å². The average molecular weight is 358 g/mol. The summed E-state index contributed by atoms with van der Waals surface area (Å²) in [6.07, 6.45) is 5.27. The Morgan fingerprint density at radius 3 is 2.74 bits per heavy atom. The molecule has 1 aliphatic rings. The van der Waals surface area contributed by atoms with Gasteiger partial charge >= 0.3 is 0 Å². The predicted octanol–water partition coefficient (Wildman–Crippen LogP) is 2.97. The van der Waals surface area contributed by atoms with Gasteiger partial charge in [-0.05, 0) is 55.9 Å². The molecule has 3 N–H and O–H groups in total. The Hall–Kier alpha value is -0.910. The molecule has 1 heterocycles. The van der Waals surface area contributed by atoms with Crippen LogP contribution in [0.15, 0.2) is 24.3 Å². The van der Waals surface area contributed by atoms with Crippen LogP contribution in [0.3, 0.4) is 0 Å². The zero-order valence-corrected chi connectivity index (χ0v) is 15.6. The van der Waals surface area contributed by atoms with Crippen molar-refractivity contribution in [3.8, 4) is 0 Å². The fraction of sp³-hybridized carbons (Fsp3) is 0.588. The Morgan fingerprint density at radius 1 is 1.39 bits per heavy atom. The second-order valence-electron chi connectivity index (χ2n) is 5.91. The number of carbonyl (C=O) groups is 1. The van der Waals surface area contributed by atoms with Crippen molar-refractivity contribution in [3.63, 3.8) is 0 Å². The molecule has 0 aromatic heterocycles. The SMILES string of the molecule is CSCC[C@H](N)C(=O)NC(C)c1cccc(N2CCCC2)c1.Cl. The largest absolute Gasteiger partial charge is 0.372 e. The molecule has 1 aromatic rings. The van der Waals surface area contributed by atoms with Gasteiger partial charge in [-0.3, -0.25) is 4.79 Å². The van der Waals surface area contributed by atoms with Crippen molar-refractivity contribution in [2.45, 2.75) is 38.3 Å². The molecule has 130 valence electrons. The number of rotatable bonds is 7. The van der Waals surface area contributed by atoms with Crippen molar-refractivity contribution < 1.29 is 4.79 Å². The van der Waals surface area contributed by atoms with Gasteiger partial charge in [0.2, 0.25) is 5.91 Å². The second kappa shape index (κ2) is 10.1. The van der Waals surface area contributed by atoms with E-state index in [1.54, 1.807) is 11.8 Å². The molecule has 23 heavy (non-hydrogen) atoms. The maximum absolute atomic E-state index is 12.1. The number of amides is 1. The van der Waals surface area contributed by atoms with Crippen molar-refractivity contribution in [2.24, 2.45) is 5.73 Å². The average Bonchev–Trinajstić information content (AvgIpc) is 3.07. The fourth-order valence-corrected chi connectivity index (χ4v) is 3.24. The van der Waals surface area contributed by atoms with Crippen molar-refractivity contribution in [1.29, 1.82) is 0 Å². The highest BCUT2D eigenvalue weighted by atomic mass is 35.5. The van der Waals surface area contributed by atoms with Gasteiger partial charge in [-0.25, -0.2) is 0 Å². The summed E-state index contributed by atoms with van der Waals surface area (Å²) >= 11 is 1.71. The van der Waals surface area contributed by atoms with Gasteiger partial charge in [0.05, 0.1) is 12.1 Å². The molecule has 1 aliphatic heterocycles. The van der Waals surface area contributed by atoms with E-state index >= 15 is 0 Å². The quantitative estimate of drug-likeness (QED) is 0.787. The number of hydrogen-bond donors (Lipinski definition) is 2. The first kappa shape index (κ1) is 20.1. The van der Waals surface area contributed by atoms with Crippen LogP contribution in [0.5, 0.6) is 0 Å². The van der Waals surface area contributed by atoms with Gasteiger partial charge in [0.15, 0.2) is 0 Å². The first-order valence-corrected chi connectivity index (χ1v) is 9.41. The summed E-state index contributed by atoms with van der Waals surface area (Å²) in [6.45, 7) is 4.27. The monoisotopic (exact) mass is 357 g/mol. The van der Waals surface area contributed by atoms with E-state index in [0.29, 0.717) is 6.42 Å². The van der Waals surface area contributed by atoms with Crippen molar-refractivity contribution in [1.82, 2.24) is 5.32 Å². The van der Waals surface area contributed by atoms with Gasteiger partial charge in [-0.1, -0.05) is 12.1 Å². The number of anilines is 1. The van der Waals surface area contributed by atoms with E-state index in [1.807, 2.05) is 13.2 Å². The molecule has 0 radical (unpaired) electrons. The molecule has 0 spiro atoms. The molecular weight excluding hydrogens is 330 g/mol. The summed E-state index contributed by atoms with van der Waals surface area (Å²) in [5.41, 5.74) is 8.31. The molecule has 6 heteroatoms. The van der Waals surface area contributed by atoms with E-state index in [0.717, 1.165) is 24.4 Å². The summed E-state index contributed by atoms with van der Waals surface area (Å²) < 4.78 is 0. The molecule has 1 aromatic carbocycles. The van der Waals surface area contributed by atoms with Crippen molar-refractivity contribution in [3.05, 3.63) is 29.8 Å². The zero-order chi connectivity index (χ0) is 15.9. The lowest BCUT2D eigenvalue weighted by Gasteiger charge is -2.21. The maximum atomic E-state index is 12.1. The lowest BCUT2D eigenvalue weighted by atomic mass is 10.1. The number of benzene rings is 1. The molecule has 1 saturated heterocycles. The van der Waals surface area contributed by atoms with Gasteiger partial charge in [0, 0.05) is 18.8 Å². The van der Waals surface area contributed by atoms with Gasteiger partial charge in [-0.15, -0.1) is 12.4 Å². The van der Waals surface area contributed by atoms with E-state index < -0.39 is 6.04 Å². The third kappa shape index (κ3) is 5.90. The first-order chi connectivity index (χ1) is 10.6. The molecule has 1 unspecified atom stereocenters. The maximum Gasteiger partial charge on any atom is 0.237 e. The second-order valence-corrected chi connectivity index (χ2v) is 6.89. The van der Waals surface area contributed by atoms with E-state index in [9.17, 15) is 4.79 Å². The number of thioether (sulfide) groups is 1. The van der Waals surface area contributed by atoms with Gasteiger partial charge < -0.3 is 16.0 Å². The van der Waals surface area contributed by atoms with E-state index in [-0.39, 0.29) is 24.4 Å². The Morgan fingerprint density at radius 2 is 2.09 bits per heavy atom. The fourth-order valence-electron chi connectivity index (χ4n) is 2.75. The molecule has 0 aliphatic carbocycles. The van der Waals surface area contributed by atoms with E-state index in [1.165, 1.54) is 18.5 Å². The standard InChI is InChI=1S/C17H27N3OS.ClH/c1-13(19-17(21)16(18)8-11-22-2)14-6-5-7-15(12-14)20-9-3-4-10-20;/h5-7,12-13,16H,3-4,8-11,18H2,1-2H3,(H,19,21);1H/t13?,16-;/m0./s1. The summed E-state index contributed by atoms with van der Waals surface area (Å²) in [5, 5.41) is 3.03. The highest BCUT2D eigenvalue weighted by Gasteiger charge is 2.18. The van der Waals surface area contributed by atoms with Crippen LogP contribution < -0.4 is 16.0 Å². The third-order valence-corrected chi connectivity index (χ3v) is 4.81. The molecule has 2 rings (SSSR count). The van der Waals surface area contributed by atoms with Crippen molar-refractivity contribution >= 4 is 35.8 Å². The molecular formula is C17H28ClN3OS. The first-order valence-electron chi connectivity index (χ1n) is 8.01. The number of nitrogens with zero attached hydrogens (tertiary/aromatic N) is 1. The minimum absolute atomic E-state index is 0. The summed E-state index contributed by atoms with van der Waals surface area (Å²) in [5.74, 6) is 0.848. The number of nitrogens with one attached hydrogen (secondary N) is 1. The van der Waals surface area contributed by atoms with Crippen LogP contribution in [0.2, 0.25) is 0 Å². The predicted molar refractivity (Wildman–Crippen MR) is 103 cm³/mol. The molecule has 0 saturated carbocycles. The number of nitrogens with two attached hydrogens (primary N) is 1. The molecule has 4 nitrogen and oxygen atoms in total. The highest BCUT2D eigenvalue weighted by Crippen LogP contribution is 2.24. The van der Waals surface area contributed by atoms with Crippen LogP contribution in [0.1, 0.15) is 37.8 Å². The van der Waals surface area contributed by atoms with Crippen LogP contribution in [-0.2, 0) is 4.79 Å². The summed E-state index contributed by atoms with van der Waals surface area (Å²) in [4.78, 5) is 14.5. The van der Waals surface area contributed by atoms with Crippen LogP contribution >= 0.6 is 24.2 Å². The molecule has 1 amide bonds. The minimum Gasteiger partial charge on any atom is -0.372 e. The van der Waals surface area contributed by atoms with Crippen LogP contribution in [-0.4, -0.2) is 37.0 Å². The zero-order valence-electron chi connectivity index (χ0n) is 14.0. The lowest BCUT2D eigenvalue weighted by molar-refractivity contribution is -0.123. The van der Waals surface area contributed by atoms with Gasteiger partial charge in [0.1, 0.15) is 0 Å². The number of halogens is 1. The smallest absolute Gasteiger partial charge is 0.237 e. The Balaban J connectivity index is 0.00000264. The van der Waals surface area contributed by atoms with Crippen LogP contribution in [0, 0.1) is 0 Å². The normalized spacial score (nSPS) is 16.6. The van der Waals surface area contributed by atoms with Gasteiger partial charge in [-0.2, -0.15) is 11.8 Å². The van der Waals surface area contributed by atoms with Gasteiger partial charge in [0.25, 0.3) is 0 Å². The third-order valence-electron chi connectivity index (χ3n) is 4.17. The molecule has 0 bridgehead atoms. The number of carbonyl (C=O) groups excluding carboxylic acids is 1. The Labute approximate surface area is 150 Å². The Kier molecular flexibility index (Phi) is 8.81. The minimum atomic E-state index is -0.420. The van der Waals surface area contributed by atoms with E-state index in [2.05, 4.69) is 34.5 Å². The lowest BCUT2D eigenvalue weighted by Crippen LogP contribution is -2.42. The topological polar surface area (TPSA) is 58.4 Å². The summed E-state index contributed by atoms with van der Waals surface area (Å²) in [7, 11) is 0. The number of hydrogen-bond acceptors (Lipinski definition) is 4. The van der Waals surface area contributed by atoms with Crippen LogP contribution in [0.25, 0.3) is 0 Å². The molecule has 1 fully saturated rings. The van der Waals surface area contributed by atoms with E-state index in [4.69, 9.17) is 5.73 Å². The van der Waals surface area contributed by atoms with Crippen LogP contribution in [0.4, 0.5) is 5.69 Å².